The predicted octanol–water partition coefficient (Wildman–Crippen LogP) is 0.235. The Morgan fingerprint density at radius 3 is 2.91 bits per heavy atom. The van der Waals surface area contributed by atoms with Gasteiger partial charge in [-0.3, -0.25) is 4.99 Å². The molecule has 2 N–H and O–H groups in total. The Kier molecular flexibility index (Phi) is 2.65. The summed E-state index contributed by atoms with van der Waals surface area (Å²) in [5.41, 5.74) is 7.79. The van der Waals surface area contributed by atoms with Gasteiger partial charge >= 0.3 is 0 Å². The summed E-state index contributed by atoms with van der Waals surface area (Å²) in [5.74, 6) is 0. The minimum Gasteiger partial charge on any atom is -0.404 e. The normalized spacial score (nSPS) is 28.2. The van der Waals surface area contributed by atoms with Gasteiger partial charge in [-0.05, 0) is 7.05 Å². The summed E-state index contributed by atoms with van der Waals surface area (Å²) in [7, 11) is 3.92. The highest BCUT2D eigenvalue weighted by Crippen LogP contribution is 2.10. The molecule has 11 heavy (non-hydrogen) atoms. The van der Waals surface area contributed by atoms with Crippen molar-refractivity contribution in [1.29, 1.82) is 0 Å². The van der Waals surface area contributed by atoms with Crippen LogP contribution in [0, 0.1) is 0 Å². The fraction of sp³-hybridized carbons (Fsp3) is 0.625. The smallest absolute Gasteiger partial charge is 0.0416 e. The Balaban J connectivity index is 2.72. The predicted molar refractivity (Wildman–Crippen MR) is 47.7 cm³/mol. The highest BCUT2D eigenvalue weighted by Gasteiger charge is 2.15. The number of piperidine rings is 1. The SMILES string of the molecule is CN=C1CCN(C)CC1=CN. The van der Waals surface area contributed by atoms with Gasteiger partial charge in [0.05, 0.1) is 0 Å². The number of hydrogen-bond acceptors (Lipinski definition) is 3. The van der Waals surface area contributed by atoms with Crippen LogP contribution in [-0.4, -0.2) is 37.8 Å². The lowest BCUT2D eigenvalue weighted by molar-refractivity contribution is 0.364. The number of nitrogens with two attached hydrogens (primary N) is 1. The van der Waals surface area contributed by atoms with Gasteiger partial charge in [0, 0.05) is 44.0 Å². The summed E-state index contributed by atoms with van der Waals surface area (Å²) >= 11 is 0. The first-order chi connectivity index (χ1) is 5.27. The maximum atomic E-state index is 5.46. The third kappa shape index (κ3) is 1.80. The molecule has 0 atom stereocenters. The second kappa shape index (κ2) is 3.53. The second-order valence-corrected chi connectivity index (χ2v) is 2.85. The monoisotopic (exact) mass is 153 g/mol. The fourth-order valence-corrected chi connectivity index (χ4v) is 1.32. The molecule has 1 aliphatic rings. The molecule has 0 amide bonds. The molecule has 0 unspecified atom stereocenters. The topological polar surface area (TPSA) is 41.6 Å². The minimum absolute atomic E-state index is 0.934. The molecule has 0 aliphatic carbocycles. The van der Waals surface area contributed by atoms with Gasteiger partial charge in [0.15, 0.2) is 0 Å². The van der Waals surface area contributed by atoms with Crippen molar-refractivity contribution in [3.63, 3.8) is 0 Å². The maximum Gasteiger partial charge on any atom is 0.0416 e. The van der Waals surface area contributed by atoms with Crippen LogP contribution >= 0.6 is 0 Å². The van der Waals surface area contributed by atoms with Gasteiger partial charge in [0.1, 0.15) is 0 Å². The molecule has 3 heteroatoms. The minimum atomic E-state index is 0.934. The van der Waals surface area contributed by atoms with Crippen LogP contribution in [-0.2, 0) is 0 Å². The van der Waals surface area contributed by atoms with E-state index in [0.29, 0.717) is 0 Å². The molecule has 62 valence electrons. The first-order valence-electron chi connectivity index (χ1n) is 3.83. The Bertz CT molecular complexity index is 194. The molecule has 0 aromatic carbocycles. The molecule has 1 fully saturated rings. The van der Waals surface area contributed by atoms with Crippen molar-refractivity contribution in [3.05, 3.63) is 11.8 Å². The third-order valence-corrected chi connectivity index (χ3v) is 2.01. The fourth-order valence-electron chi connectivity index (χ4n) is 1.32. The van der Waals surface area contributed by atoms with Crippen LogP contribution in [0.1, 0.15) is 6.42 Å². The van der Waals surface area contributed by atoms with Crippen LogP contribution in [0.25, 0.3) is 0 Å². The number of likely N-dealkylation sites (tertiary alicyclic amines) is 1. The quantitative estimate of drug-likeness (QED) is 0.541. The van der Waals surface area contributed by atoms with Gasteiger partial charge in [-0.2, -0.15) is 0 Å². The number of hydrogen-bond donors (Lipinski definition) is 1. The molecule has 0 bridgehead atoms. The molecule has 3 nitrogen and oxygen atoms in total. The van der Waals surface area contributed by atoms with Crippen molar-refractivity contribution < 1.29 is 0 Å². The third-order valence-electron chi connectivity index (χ3n) is 2.01. The van der Waals surface area contributed by atoms with Crippen molar-refractivity contribution in [3.8, 4) is 0 Å². The number of rotatable bonds is 0. The van der Waals surface area contributed by atoms with Gasteiger partial charge in [-0.1, -0.05) is 0 Å². The van der Waals surface area contributed by atoms with E-state index in [1.54, 1.807) is 6.20 Å². The van der Waals surface area contributed by atoms with Crippen LogP contribution in [0.3, 0.4) is 0 Å². The van der Waals surface area contributed by atoms with Crippen LogP contribution in [0.15, 0.2) is 16.8 Å². The molecule has 1 aliphatic heterocycles. The number of nitrogens with zero attached hydrogens (tertiary/aromatic N) is 2. The van der Waals surface area contributed by atoms with E-state index in [1.807, 2.05) is 7.05 Å². The first-order valence-corrected chi connectivity index (χ1v) is 3.83. The van der Waals surface area contributed by atoms with Crippen molar-refractivity contribution in [2.75, 3.05) is 27.2 Å². The molecule has 0 aromatic rings. The zero-order valence-electron chi connectivity index (χ0n) is 7.17. The number of likely N-dealkylation sites (N-methyl/N-ethyl adjacent to an activating group) is 1. The molecule has 1 saturated heterocycles. The number of aliphatic imine (C=N–C) groups is 1. The van der Waals surface area contributed by atoms with E-state index < -0.39 is 0 Å². The lowest BCUT2D eigenvalue weighted by Crippen LogP contribution is -2.33. The molecule has 0 aromatic heterocycles. The van der Waals surface area contributed by atoms with E-state index in [1.165, 1.54) is 5.57 Å². The lowest BCUT2D eigenvalue weighted by Gasteiger charge is -2.25. The van der Waals surface area contributed by atoms with Gasteiger partial charge in [0.25, 0.3) is 0 Å². The van der Waals surface area contributed by atoms with Crippen LogP contribution in [0.2, 0.25) is 0 Å². The summed E-state index contributed by atoms with van der Waals surface area (Å²) in [4.78, 5) is 6.42. The molecule has 0 saturated carbocycles. The molecule has 1 rings (SSSR count). The zero-order chi connectivity index (χ0) is 8.27. The Morgan fingerprint density at radius 2 is 2.36 bits per heavy atom. The van der Waals surface area contributed by atoms with Crippen molar-refractivity contribution in [2.24, 2.45) is 10.7 Å². The molecule has 0 radical (unpaired) electrons. The first kappa shape index (κ1) is 8.27. The Labute approximate surface area is 67.6 Å². The van der Waals surface area contributed by atoms with Crippen molar-refractivity contribution in [1.82, 2.24) is 4.90 Å². The molecular weight excluding hydrogens is 138 g/mol. The van der Waals surface area contributed by atoms with E-state index in [0.717, 1.165) is 25.2 Å². The van der Waals surface area contributed by atoms with Crippen LogP contribution in [0.4, 0.5) is 0 Å². The maximum absolute atomic E-state index is 5.46. The van der Waals surface area contributed by atoms with Gasteiger partial charge < -0.3 is 10.6 Å². The summed E-state index contributed by atoms with van der Waals surface area (Å²) < 4.78 is 0. The Morgan fingerprint density at radius 1 is 1.64 bits per heavy atom. The van der Waals surface area contributed by atoms with Gasteiger partial charge in [0.2, 0.25) is 0 Å². The highest BCUT2D eigenvalue weighted by atomic mass is 15.1. The standard InChI is InChI=1S/C8H15N3/c1-10-8-3-4-11(2)6-7(8)5-9/h5H,3-4,6,9H2,1-2H3. The van der Waals surface area contributed by atoms with E-state index in [9.17, 15) is 0 Å². The second-order valence-electron chi connectivity index (χ2n) is 2.85. The molecule has 1 heterocycles. The highest BCUT2D eigenvalue weighted by molar-refractivity contribution is 6.01. The van der Waals surface area contributed by atoms with E-state index in [2.05, 4.69) is 16.9 Å². The Hall–Kier alpha value is -0.830. The van der Waals surface area contributed by atoms with Gasteiger partial charge in [-0.25, -0.2) is 0 Å². The van der Waals surface area contributed by atoms with E-state index in [-0.39, 0.29) is 0 Å². The average Bonchev–Trinajstić information content (AvgIpc) is 2.04. The molecule has 0 spiro atoms. The van der Waals surface area contributed by atoms with Gasteiger partial charge in [-0.15, -0.1) is 0 Å². The molecular formula is C8H15N3. The lowest BCUT2D eigenvalue weighted by atomic mass is 10.0. The summed E-state index contributed by atoms with van der Waals surface area (Å²) in [6, 6.07) is 0. The zero-order valence-corrected chi connectivity index (χ0v) is 7.17. The summed E-state index contributed by atoms with van der Waals surface area (Å²) in [6.07, 6.45) is 2.69. The van der Waals surface area contributed by atoms with Crippen LogP contribution < -0.4 is 5.73 Å². The largest absolute Gasteiger partial charge is 0.404 e. The van der Waals surface area contributed by atoms with E-state index in [4.69, 9.17) is 5.73 Å². The average molecular weight is 153 g/mol. The van der Waals surface area contributed by atoms with Crippen molar-refractivity contribution >= 4 is 5.71 Å². The van der Waals surface area contributed by atoms with Crippen LogP contribution in [0.5, 0.6) is 0 Å². The summed E-state index contributed by atoms with van der Waals surface area (Å²) in [6.45, 7) is 2.02. The summed E-state index contributed by atoms with van der Waals surface area (Å²) in [5, 5.41) is 0. The van der Waals surface area contributed by atoms with Crippen molar-refractivity contribution in [2.45, 2.75) is 6.42 Å². The van der Waals surface area contributed by atoms with E-state index >= 15 is 0 Å².